The van der Waals surface area contributed by atoms with E-state index in [4.69, 9.17) is 14.2 Å². The first-order chi connectivity index (χ1) is 18.4. The molecule has 2 fully saturated rings. The SMILES string of the molecule is C=C/C=C(\C=C/C)C1CC(O)C2(O)c3c(OC)cncc3OC12c1ccc(C#N)cc1.CN1CCOCC1. The van der Waals surface area contributed by atoms with Gasteiger partial charge in [-0.3, -0.25) is 4.98 Å². The van der Waals surface area contributed by atoms with Crippen LogP contribution in [0.3, 0.4) is 0 Å². The molecule has 1 saturated heterocycles. The van der Waals surface area contributed by atoms with E-state index in [-0.39, 0.29) is 6.42 Å². The standard InChI is InChI=1S/C25H24N2O4.C5H11NO/c1-4-6-17(7-5-2)19-12-22(28)24(29)23-20(30-3)14-27-15-21(23)31-25(19,24)18-10-8-16(13-26)9-11-18;1-6-2-4-7-5-3-6/h4-11,14-15,19,22,28-29H,1,12H2,2-3H3;2-5H2,1H3/b7-5-,17-6+;. The number of fused-ring (bicyclic) bond motifs is 3. The Morgan fingerprint density at radius 3 is 2.53 bits per heavy atom. The molecule has 200 valence electrons. The van der Waals surface area contributed by atoms with E-state index in [2.05, 4.69) is 29.6 Å². The van der Waals surface area contributed by atoms with Gasteiger partial charge in [0.05, 0.1) is 56.0 Å². The lowest BCUT2D eigenvalue weighted by atomic mass is 9.71. The molecule has 2 aliphatic heterocycles. The predicted molar refractivity (Wildman–Crippen MR) is 144 cm³/mol. The van der Waals surface area contributed by atoms with Gasteiger partial charge in [0.2, 0.25) is 0 Å². The number of aliphatic hydroxyl groups is 2. The molecule has 0 spiro atoms. The molecule has 0 radical (unpaired) electrons. The summed E-state index contributed by atoms with van der Waals surface area (Å²) in [7, 11) is 3.60. The molecule has 3 heterocycles. The van der Waals surface area contributed by atoms with Crippen LogP contribution in [-0.2, 0) is 15.9 Å². The lowest BCUT2D eigenvalue weighted by Gasteiger charge is -2.41. The third-order valence-electron chi connectivity index (χ3n) is 7.50. The van der Waals surface area contributed by atoms with Crippen molar-refractivity contribution in [2.24, 2.45) is 5.92 Å². The predicted octanol–water partition coefficient (Wildman–Crippen LogP) is 3.46. The molecular weight excluding hydrogens is 482 g/mol. The average Bonchev–Trinajstić information content (AvgIpc) is 3.34. The van der Waals surface area contributed by atoms with Gasteiger partial charge in [0, 0.05) is 19.0 Å². The minimum absolute atomic E-state index is 0.255. The molecule has 1 aliphatic carbocycles. The summed E-state index contributed by atoms with van der Waals surface area (Å²) in [5, 5.41) is 32.7. The first-order valence-corrected chi connectivity index (χ1v) is 12.7. The molecule has 3 aliphatic rings. The van der Waals surface area contributed by atoms with Gasteiger partial charge >= 0.3 is 0 Å². The van der Waals surface area contributed by atoms with E-state index in [1.807, 2.05) is 25.2 Å². The number of rotatable bonds is 5. The number of pyridine rings is 1. The van der Waals surface area contributed by atoms with Gasteiger partial charge in [0.15, 0.2) is 11.2 Å². The Hall–Kier alpha value is -3.48. The van der Waals surface area contributed by atoms with E-state index < -0.39 is 23.2 Å². The number of hydrogen-bond donors (Lipinski definition) is 2. The molecule has 2 N–H and O–H groups in total. The molecule has 0 bridgehead atoms. The Labute approximate surface area is 224 Å². The molecule has 5 rings (SSSR count). The molecule has 4 atom stereocenters. The van der Waals surface area contributed by atoms with Crippen LogP contribution in [0.15, 0.2) is 73.1 Å². The Morgan fingerprint density at radius 1 is 1.26 bits per heavy atom. The second-order valence-corrected chi connectivity index (χ2v) is 9.63. The maximum Gasteiger partial charge on any atom is 0.176 e. The van der Waals surface area contributed by atoms with Gasteiger partial charge in [-0.05, 0) is 43.7 Å². The number of allylic oxidation sites excluding steroid dienone is 4. The summed E-state index contributed by atoms with van der Waals surface area (Å²) in [5.74, 6) is 0.288. The highest BCUT2D eigenvalue weighted by Gasteiger charge is 2.73. The minimum Gasteiger partial charge on any atom is -0.495 e. The van der Waals surface area contributed by atoms with Crippen molar-refractivity contribution in [1.82, 2.24) is 9.88 Å². The summed E-state index contributed by atoms with van der Waals surface area (Å²) in [6, 6.07) is 9.01. The number of morpholine rings is 1. The third kappa shape index (κ3) is 4.52. The van der Waals surface area contributed by atoms with Crippen LogP contribution in [0.5, 0.6) is 11.5 Å². The van der Waals surface area contributed by atoms with Gasteiger partial charge in [0.25, 0.3) is 0 Å². The van der Waals surface area contributed by atoms with E-state index in [1.165, 1.54) is 19.5 Å². The summed E-state index contributed by atoms with van der Waals surface area (Å²) in [6.07, 6.45) is 9.51. The number of hydrogen-bond acceptors (Lipinski definition) is 8. The maximum atomic E-state index is 12.2. The molecule has 0 amide bonds. The zero-order valence-electron chi connectivity index (χ0n) is 22.1. The van der Waals surface area contributed by atoms with E-state index in [0.29, 0.717) is 28.2 Å². The topological polar surface area (TPSA) is 108 Å². The summed E-state index contributed by atoms with van der Waals surface area (Å²) in [6.45, 7) is 9.74. The van der Waals surface area contributed by atoms with Crippen molar-refractivity contribution in [1.29, 1.82) is 5.26 Å². The second kappa shape index (κ2) is 11.5. The van der Waals surface area contributed by atoms with Crippen molar-refractivity contribution >= 4 is 0 Å². The molecule has 1 aromatic heterocycles. The number of aliphatic hydroxyl groups excluding tert-OH is 1. The number of aromatic nitrogens is 1. The number of ether oxygens (including phenoxy) is 3. The van der Waals surface area contributed by atoms with Crippen molar-refractivity contribution < 1.29 is 24.4 Å². The first-order valence-electron chi connectivity index (χ1n) is 12.7. The van der Waals surface area contributed by atoms with Gasteiger partial charge in [-0.25, -0.2) is 0 Å². The van der Waals surface area contributed by atoms with E-state index in [0.717, 1.165) is 31.9 Å². The van der Waals surface area contributed by atoms with Crippen LogP contribution >= 0.6 is 0 Å². The van der Waals surface area contributed by atoms with Crippen LogP contribution in [-0.4, -0.2) is 66.7 Å². The molecule has 1 saturated carbocycles. The Balaban J connectivity index is 0.000000417. The molecule has 2 aromatic rings. The van der Waals surface area contributed by atoms with Gasteiger partial charge < -0.3 is 29.3 Å². The average molecular weight is 518 g/mol. The van der Waals surface area contributed by atoms with Crippen LogP contribution in [0.25, 0.3) is 0 Å². The monoisotopic (exact) mass is 517 g/mol. The highest BCUT2D eigenvalue weighted by Crippen LogP contribution is 2.66. The van der Waals surface area contributed by atoms with Crippen LogP contribution < -0.4 is 9.47 Å². The molecular formula is C30H35N3O5. The number of likely N-dealkylation sites (N-methyl/N-ethyl adjacent to an activating group) is 1. The zero-order chi connectivity index (χ0) is 27.3. The van der Waals surface area contributed by atoms with Crippen molar-refractivity contribution in [2.75, 3.05) is 40.5 Å². The Bertz CT molecular complexity index is 1250. The van der Waals surface area contributed by atoms with Gasteiger partial charge in [-0.15, -0.1) is 0 Å². The van der Waals surface area contributed by atoms with Gasteiger partial charge in [-0.1, -0.05) is 43.0 Å². The van der Waals surface area contributed by atoms with Crippen molar-refractivity contribution in [3.05, 3.63) is 89.8 Å². The minimum atomic E-state index is -1.79. The molecule has 38 heavy (non-hydrogen) atoms. The summed E-state index contributed by atoms with van der Waals surface area (Å²) < 4.78 is 17.1. The van der Waals surface area contributed by atoms with Crippen molar-refractivity contribution in [3.63, 3.8) is 0 Å². The highest BCUT2D eigenvalue weighted by atomic mass is 16.5. The highest BCUT2D eigenvalue weighted by molar-refractivity contribution is 5.58. The van der Waals surface area contributed by atoms with Crippen LogP contribution in [0.2, 0.25) is 0 Å². The fourth-order valence-electron chi connectivity index (χ4n) is 5.69. The first kappa shape index (κ1) is 27.6. The Morgan fingerprint density at radius 2 is 1.97 bits per heavy atom. The summed E-state index contributed by atoms with van der Waals surface area (Å²) >= 11 is 0. The third-order valence-corrected chi connectivity index (χ3v) is 7.50. The summed E-state index contributed by atoms with van der Waals surface area (Å²) in [4.78, 5) is 6.44. The van der Waals surface area contributed by atoms with E-state index in [9.17, 15) is 15.5 Å². The smallest absolute Gasteiger partial charge is 0.176 e. The normalized spacial score (nSPS) is 28.5. The van der Waals surface area contributed by atoms with Gasteiger partial charge in [0.1, 0.15) is 11.5 Å². The lowest BCUT2D eigenvalue weighted by Crippen LogP contribution is -2.52. The van der Waals surface area contributed by atoms with E-state index in [1.54, 1.807) is 30.3 Å². The quantitative estimate of drug-likeness (QED) is 0.581. The van der Waals surface area contributed by atoms with Crippen LogP contribution in [0.1, 0.15) is 30.0 Å². The molecule has 4 unspecified atom stereocenters. The number of nitrogens with zero attached hydrogens (tertiary/aromatic N) is 3. The summed E-state index contributed by atoms with van der Waals surface area (Å²) in [5.41, 5.74) is -0.776. The van der Waals surface area contributed by atoms with Crippen LogP contribution in [0.4, 0.5) is 0 Å². The molecule has 8 heteroatoms. The maximum absolute atomic E-state index is 12.2. The fourth-order valence-corrected chi connectivity index (χ4v) is 5.69. The van der Waals surface area contributed by atoms with Crippen molar-refractivity contribution in [3.8, 4) is 17.6 Å². The number of benzene rings is 1. The zero-order valence-corrected chi connectivity index (χ0v) is 22.1. The van der Waals surface area contributed by atoms with E-state index >= 15 is 0 Å². The fraction of sp³-hybridized carbons (Fsp3) is 0.400. The van der Waals surface area contributed by atoms with Crippen molar-refractivity contribution in [2.45, 2.75) is 30.7 Å². The van der Waals surface area contributed by atoms with Gasteiger partial charge in [-0.2, -0.15) is 5.26 Å². The molecule has 1 aromatic carbocycles. The number of nitriles is 1. The second-order valence-electron chi connectivity index (χ2n) is 9.63. The lowest BCUT2D eigenvalue weighted by molar-refractivity contribution is -0.153. The Kier molecular flexibility index (Phi) is 8.34. The molecule has 8 nitrogen and oxygen atoms in total. The number of methoxy groups -OCH3 is 1. The largest absolute Gasteiger partial charge is 0.495 e. The van der Waals surface area contributed by atoms with Crippen LogP contribution in [0, 0.1) is 17.2 Å².